The van der Waals surface area contributed by atoms with Crippen molar-refractivity contribution < 1.29 is 14.7 Å². The maximum absolute atomic E-state index is 12.4. The predicted molar refractivity (Wildman–Crippen MR) is 109 cm³/mol. The first-order valence-electron chi connectivity index (χ1n) is 9.47. The van der Waals surface area contributed by atoms with E-state index in [0.29, 0.717) is 12.0 Å². The summed E-state index contributed by atoms with van der Waals surface area (Å²) in [5.74, 6) is -0.130. The minimum Gasteiger partial charge on any atom is -0.387 e. The lowest BCUT2D eigenvalue weighted by Gasteiger charge is -2.16. The van der Waals surface area contributed by atoms with Gasteiger partial charge in [0.2, 0.25) is 5.91 Å². The molecule has 4 rings (SSSR count). The van der Waals surface area contributed by atoms with E-state index < -0.39 is 6.10 Å². The van der Waals surface area contributed by atoms with Gasteiger partial charge in [0.05, 0.1) is 6.10 Å². The van der Waals surface area contributed by atoms with Crippen molar-refractivity contribution in [1.29, 1.82) is 0 Å². The zero-order chi connectivity index (χ0) is 19.5. The molecule has 1 heterocycles. The number of nitrogens with zero attached hydrogens (tertiary/aromatic N) is 1. The molecule has 1 aliphatic rings. The van der Waals surface area contributed by atoms with E-state index in [1.165, 1.54) is 0 Å². The Hall–Kier alpha value is -3.18. The summed E-state index contributed by atoms with van der Waals surface area (Å²) in [4.78, 5) is 25.9. The molecule has 1 unspecified atom stereocenters. The number of aliphatic hydroxyl groups excluding tert-OH is 1. The van der Waals surface area contributed by atoms with Gasteiger partial charge in [-0.2, -0.15) is 0 Å². The average Bonchev–Trinajstić information content (AvgIpc) is 3.17. The second kappa shape index (κ2) is 7.82. The van der Waals surface area contributed by atoms with Gasteiger partial charge >= 0.3 is 0 Å². The first kappa shape index (κ1) is 18.2. The molecule has 1 fully saturated rings. The topological polar surface area (TPSA) is 69.6 Å². The summed E-state index contributed by atoms with van der Waals surface area (Å²) >= 11 is 0. The number of rotatable bonds is 5. The number of anilines is 1. The van der Waals surface area contributed by atoms with Crippen LogP contribution in [-0.2, 0) is 4.79 Å². The van der Waals surface area contributed by atoms with Crippen LogP contribution in [0.3, 0.4) is 0 Å². The molecule has 142 valence electrons. The summed E-state index contributed by atoms with van der Waals surface area (Å²) in [6.45, 7) is 0.853. The lowest BCUT2D eigenvalue weighted by Crippen LogP contribution is -2.28. The highest BCUT2D eigenvalue weighted by Crippen LogP contribution is 2.22. The Morgan fingerprint density at radius 2 is 1.79 bits per heavy atom. The summed E-state index contributed by atoms with van der Waals surface area (Å²) < 4.78 is 0. The van der Waals surface area contributed by atoms with E-state index in [9.17, 15) is 14.7 Å². The molecule has 1 saturated heterocycles. The smallest absolute Gasteiger partial charge is 0.251 e. The molecule has 0 aliphatic carbocycles. The van der Waals surface area contributed by atoms with E-state index in [2.05, 4.69) is 5.32 Å². The maximum Gasteiger partial charge on any atom is 0.251 e. The third-order valence-electron chi connectivity index (χ3n) is 5.13. The number of carbonyl (C=O) groups is 2. The Morgan fingerprint density at radius 1 is 1.04 bits per heavy atom. The minimum atomic E-state index is -0.782. The number of aliphatic hydroxyl groups is 1. The molecule has 0 spiro atoms. The average molecular weight is 374 g/mol. The Balaban J connectivity index is 1.38. The quantitative estimate of drug-likeness (QED) is 0.719. The van der Waals surface area contributed by atoms with Gasteiger partial charge in [0, 0.05) is 30.8 Å². The predicted octanol–water partition coefficient (Wildman–Crippen LogP) is 3.43. The van der Waals surface area contributed by atoms with Crippen LogP contribution in [0.15, 0.2) is 66.7 Å². The SMILES string of the molecule is O=C(NCC(O)c1ccc2ccccc2c1)c1ccc(N2CCCC2=O)cc1. The number of fused-ring (bicyclic) bond motifs is 1. The third kappa shape index (κ3) is 3.75. The van der Waals surface area contributed by atoms with Gasteiger partial charge in [-0.25, -0.2) is 0 Å². The first-order chi connectivity index (χ1) is 13.6. The lowest BCUT2D eigenvalue weighted by molar-refractivity contribution is -0.117. The van der Waals surface area contributed by atoms with Crippen LogP contribution in [0.1, 0.15) is 34.9 Å². The fourth-order valence-electron chi connectivity index (χ4n) is 3.54. The van der Waals surface area contributed by atoms with Crippen LogP contribution in [0.2, 0.25) is 0 Å². The molecule has 2 N–H and O–H groups in total. The zero-order valence-corrected chi connectivity index (χ0v) is 15.5. The number of carbonyl (C=O) groups excluding carboxylic acids is 2. The second-order valence-electron chi connectivity index (χ2n) is 7.03. The van der Waals surface area contributed by atoms with Crippen molar-refractivity contribution in [2.24, 2.45) is 0 Å². The first-order valence-corrected chi connectivity index (χ1v) is 9.47. The van der Waals surface area contributed by atoms with Crippen LogP contribution in [0.25, 0.3) is 10.8 Å². The maximum atomic E-state index is 12.4. The molecule has 0 aromatic heterocycles. The minimum absolute atomic E-state index is 0.121. The number of amides is 2. The van der Waals surface area contributed by atoms with Crippen molar-refractivity contribution in [3.63, 3.8) is 0 Å². The zero-order valence-electron chi connectivity index (χ0n) is 15.5. The molecular weight excluding hydrogens is 352 g/mol. The van der Waals surface area contributed by atoms with E-state index in [1.807, 2.05) is 42.5 Å². The van der Waals surface area contributed by atoms with Crippen molar-refractivity contribution in [3.8, 4) is 0 Å². The standard InChI is InChI=1S/C23H22N2O3/c26-21(19-8-7-16-4-1-2-5-18(16)14-19)15-24-23(28)17-9-11-20(12-10-17)25-13-3-6-22(25)27/h1-2,4-5,7-12,14,21,26H,3,6,13,15H2,(H,24,28). The van der Waals surface area contributed by atoms with Crippen LogP contribution in [0.5, 0.6) is 0 Å². The van der Waals surface area contributed by atoms with Gasteiger partial charge in [-0.1, -0.05) is 36.4 Å². The van der Waals surface area contributed by atoms with Crippen LogP contribution in [-0.4, -0.2) is 30.0 Å². The molecule has 5 heteroatoms. The van der Waals surface area contributed by atoms with Crippen molar-refractivity contribution in [2.75, 3.05) is 18.0 Å². The van der Waals surface area contributed by atoms with Gasteiger partial charge in [0.1, 0.15) is 0 Å². The summed E-state index contributed by atoms with van der Waals surface area (Å²) in [6, 6.07) is 20.7. The molecule has 5 nitrogen and oxygen atoms in total. The van der Waals surface area contributed by atoms with Gasteiger partial charge in [-0.05, 0) is 53.1 Å². The fraction of sp³-hybridized carbons (Fsp3) is 0.217. The molecular formula is C23H22N2O3. The summed E-state index contributed by atoms with van der Waals surface area (Å²) in [5, 5.41) is 15.4. The largest absolute Gasteiger partial charge is 0.387 e. The third-order valence-corrected chi connectivity index (χ3v) is 5.13. The van der Waals surface area contributed by atoms with E-state index in [-0.39, 0.29) is 18.4 Å². The molecule has 0 radical (unpaired) electrons. The Bertz CT molecular complexity index is 1010. The highest BCUT2D eigenvalue weighted by molar-refractivity contribution is 5.97. The summed E-state index contributed by atoms with van der Waals surface area (Å²) in [6.07, 6.45) is 0.665. The van der Waals surface area contributed by atoms with Crippen LogP contribution >= 0.6 is 0 Å². The summed E-state index contributed by atoms with van der Waals surface area (Å²) in [5.41, 5.74) is 2.08. The Labute approximate surface area is 163 Å². The van der Waals surface area contributed by atoms with E-state index in [1.54, 1.807) is 29.2 Å². The van der Waals surface area contributed by atoms with Crippen LogP contribution in [0.4, 0.5) is 5.69 Å². The van der Waals surface area contributed by atoms with E-state index in [4.69, 9.17) is 0 Å². The monoisotopic (exact) mass is 374 g/mol. The number of nitrogens with one attached hydrogen (secondary N) is 1. The normalized spacial score (nSPS) is 15.0. The number of hydrogen-bond acceptors (Lipinski definition) is 3. The van der Waals surface area contributed by atoms with Crippen molar-refractivity contribution in [1.82, 2.24) is 5.32 Å². The van der Waals surface area contributed by atoms with Crippen LogP contribution < -0.4 is 10.2 Å². The van der Waals surface area contributed by atoms with Crippen molar-refractivity contribution in [2.45, 2.75) is 18.9 Å². The summed E-state index contributed by atoms with van der Waals surface area (Å²) in [7, 11) is 0. The molecule has 28 heavy (non-hydrogen) atoms. The molecule has 3 aromatic rings. The number of hydrogen-bond donors (Lipinski definition) is 2. The van der Waals surface area contributed by atoms with Crippen LogP contribution in [0, 0.1) is 0 Å². The molecule has 1 atom stereocenters. The van der Waals surface area contributed by atoms with Gasteiger partial charge in [0.25, 0.3) is 5.91 Å². The fourth-order valence-corrected chi connectivity index (χ4v) is 3.54. The van der Waals surface area contributed by atoms with Gasteiger partial charge < -0.3 is 15.3 Å². The molecule has 2 amide bonds. The number of benzene rings is 3. The van der Waals surface area contributed by atoms with E-state index in [0.717, 1.165) is 35.0 Å². The Kier molecular flexibility index (Phi) is 5.08. The lowest BCUT2D eigenvalue weighted by atomic mass is 10.0. The highest BCUT2D eigenvalue weighted by Gasteiger charge is 2.21. The molecule has 0 saturated carbocycles. The van der Waals surface area contributed by atoms with Crippen molar-refractivity contribution >= 4 is 28.3 Å². The van der Waals surface area contributed by atoms with Gasteiger partial charge in [-0.15, -0.1) is 0 Å². The van der Waals surface area contributed by atoms with Gasteiger partial charge in [0.15, 0.2) is 0 Å². The Morgan fingerprint density at radius 3 is 2.50 bits per heavy atom. The van der Waals surface area contributed by atoms with Crippen molar-refractivity contribution in [3.05, 3.63) is 77.9 Å². The molecule has 1 aliphatic heterocycles. The molecule has 0 bridgehead atoms. The molecule has 3 aromatic carbocycles. The van der Waals surface area contributed by atoms with E-state index >= 15 is 0 Å². The highest BCUT2D eigenvalue weighted by atomic mass is 16.3. The van der Waals surface area contributed by atoms with Gasteiger partial charge in [-0.3, -0.25) is 9.59 Å². The second-order valence-corrected chi connectivity index (χ2v) is 7.03.